The Bertz CT molecular complexity index is 784. The van der Waals surface area contributed by atoms with E-state index in [4.69, 9.17) is 13.9 Å². The molecular formula is C17H16N2O4. The predicted octanol–water partition coefficient (Wildman–Crippen LogP) is 3.15. The maximum absolute atomic E-state index is 12.2. The predicted molar refractivity (Wildman–Crippen MR) is 85.2 cm³/mol. The number of nitrogens with zero attached hydrogens (tertiary/aromatic N) is 1. The monoisotopic (exact) mass is 312 g/mol. The Morgan fingerprint density at radius 1 is 1.26 bits per heavy atom. The first-order chi connectivity index (χ1) is 11.1. The summed E-state index contributed by atoms with van der Waals surface area (Å²) < 4.78 is 15.6. The van der Waals surface area contributed by atoms with Gasteiger partial charge in [-0.3, -0.25) is 4.79 Å². The van der Waals surface area contributed by atoms with Crippen LogP contribution in [0.25, 0.3) is 6.08 Å². The molecule has 6 nitrogen and oxygen atoms in total. The van der Waals surface area contributed by atoms with Crippen LogP contribution in [0.1, 0.15) is 11.5 Å². The van der Waals surface area contributed by atoms with E-state index in [1.807, 2.05) is 6.07 Å². The highest BCUT2D eigenvalue weighted by atomic mass is 16.5. The SMILES string of the molecule is COc1ccc(NC(=O)/C(C#N)=C/c2ccc(C)o2)c(OC)c1. The van der Waals surface area contributed by atoms with Gasteiger partial charge < -0.3 is 19.2 Å². The number of ether oxygens (including phenoxy) is 2. The molecule has 1 N–H and O–H groups in total. The van der Waals surface area contributed by atoms with Crippen LogP contribution in [0.2, 0.25) is 0 Å². The van der Waals surface area contributed by atoms with Crippen LogP contribution in [-0.2, 0) is 4.79 Å². The Hall–Kier alpha value is -3.20. The van der Waals surface area contributed by atoms with E-state index >= 15 is 0 Å². The molecule has 0 atom stereocenters. The van der Waals surface area contributed by atoms with E-state index in [-0.39, 0.29) is 5.57 Å². The van der Waals surface area contributed by atoms with Crippen LogP contribution in [0, 0.1) is 18.3 Å². The zero-order valence-electron chi connectivity index (χ0n) is 13.0. The first kappa shape index (κ1) is 16.2. The lowest BCUT2D eigenvalue weighted by Gasteiger charge is -2.11. The average Bonchev–Trinajstić information content (AvgIpc) is 2.97. The molecule has 0 saturated carbocycles. The van der Waals surface area contributed by atoms with E-state index in [9.17, 15) is 10.1 Å². The largest absolute Gasteiger partial charge is 0.497 e. The molecule has 1 heterocycles. The van der Waals surface area contributed by atoms with Crippen LogP contribution in [-0.4, -0.2) is 20.1 Å². The summed E-state index contributed by atoms with van der Waals surface area (Å²) in [7, 11) is 3.02. The minimum absolute atomic E-state index is 0.0720. The Morgan fingerprint density at radius 2 is 2.04 bits per heavy atom. The number of nitriles is 1. The molecule has 0 unspecified atom stereocenters. The molecule has 118 valence electrons. The lowest BCUT2D eigenvalue weighted by atomic mass is 10.2. The first-order valence-corrected chi connectivity index (χ1v) is 6.79. The number of carbonyl (C=O) groups is 1. The Kier molecular flexibility index (Phi) is 5.05. The van der Waals surface area contributed by atoms with Gasteiger partial charge in [0.25, 0.3) is 5.91 Å². The van der Waals surface area contributed by atoms with Gasteiger partial charge in [-0.1, -0.05) is 0 Å². The number of furan rings is 1. The maximum atomic E-state index is 12.2. The summed E-state index contributed by atoms with van der Waals surface area (Å²) in [6.07, 6.45) is 1.39. The quantitative estimate of drug-likeness (QED) is 0.677. The average molecular weight is 312 g/mol. The van der Waals surface area contributed by atoms with Crippen LogP contribution in [0.4, 0.5) is 5.69 Å². The molecule has 0 bridgehead atoms. The summed E-state index contributed by atoms with van der Waals surface area (Å²) in [5, 5.41) is 11.8. The standard InChI is InChI=1S/C17H16N2O4/c1-11-4-5-14(23-11)8-12(10-18)17(20)19-15-7-6-13(21-2)9-16(15)22-3/h4-9H,1-3H3,(H,19,20)/b12-8+. The van der Waals surface area contributed by atoms with Gasteiger partial charge in [-0.05, 0) is 31.2 Å². The number of anilines is 1. The van der Waals surface area contributed by atoms with Crippen molar-refractivity contribution in [1.82, 2.24) is 0 Å². The molecule has 0 fully saturated rings. The normalized spacial score (nSPS) is 10.8. The van der Waals surface area contributed by atoms with Crippen LogP contribution < -0.4 is 14.8 Å². The third kappa shape index (κ3) is 3.92. The summed E-state index contributed by atoms with van der Waals surface area (Å²) in [4.78, 5) is 12.2. The van der Waals surface area contributed by atoms with E-state index in [0.717, 1.165) is 0 Å². The number of amides is 1. The molecule has 1 aromatic heterocycles. The van der Waals surface area contributed by atoms with Crippen molar-refractivity contribution in [2.75, 3.05) is 19.5 Å². The fraction of sp³-hybridized carbons (Fsp3) is 0.176. The number of methoxy groups -OCH3 is 2. The van der Waals surface area contributed by atoms with Gasteiger partial charge in [0.2, 0.25) is 0 Å². The van der Waals surface area contributed by atoms with Gasteiger partial charge in [0.15, 0.2) is 0 Å². The zero-order valence-corrected chi connectivity index (χ0v) is 13.0. The summed E-state index contributed by atoms with van der Waals surface area (Å²) in [5.74, 6) is 1.62. The fourth-order valence-electron chi connectivity index (χ4n) is 1.91. The highest BCUT2D eigenvalue weighted by Gasteiger charge is 2.14. The van der Waals surface area contributed by atoms with Crippen molar-refractivity contribution in [1.29, 1.82) is 5.26 Å². The van der Waals surface area contributed by atoms with E-state index < -0.39 is 5.91 Å². The third-order valence-electron chi connectivity index (χ3n) is 3.07. The van der Waals surface area contributed by atoms with Gasteiger partial charge in [-0.25, -0.2) is 0 Å². The summed E-state index contributed by atoms with van der Waals surface area (Å²) in [6.45, 7) is 1.78. The third-order valence-corrected chi connectivity index (χ3v) is 3.07. The molecule has 0 aliphatic carbocycles. The van der Waals surface area contributed by atoms with E-state index in [1.54, 1.807) is 37.3 Å². The molecule has 0 spiro atoms. The lowest BCUT2D eigenvalue weighted by Crippen LogP contribution is -2.14. The summed E-state index contributed by atoms with van der Waals surface area (Å²) in [6, 6.07) is 10.3. The van der Waals surface area contributed by atoms with Gasteiger partial charge in [0.1, 0.15) is 34.7 Å². The molecule has 6 heteroatoms. The van der Waals surface area contributed by atoms with Crippen molar-refractivity contribution in [2.45, 2.75) is 6.92 Å². The van der Waals surface area contributed by atoms with Crippen LogP contribution in [0.5, 0.6) is 11.5 Å². The van der Waals surface area contributed by atoms with Gasteiger partial charge >= 0.3 is 0 Å². The number of benzene rings is 1. The Morgan fingerprint density at radius 3 is 2.61 bits per heavy atom. The number of rotatable bonds is 5. The van der Waals surface area contributed by atoms with Crippen molar-refractivity contribution in [3.05, 3.63) is 47.4 Å². The number of aryl methyl sites for hydroxylation is 1. The van der Waals surface area contributed by atoms with Crippen molar-refractivity contribution in [3.8, 4) is 17.6 Å². The van der Waals surface area contributed by atoms with Crippen LogP contribution in [0.15, 0.2) is 40.3 Å². The molecule has 1 aromatic carbocycles. The van der Waals surface area contributed by atoms with Gasteiger partial charge in [-0.2, -0.15) is 5.26 Å². The van der Waals surface area contributed by atoms with Gasteiger partial charge in [0.05, 0.1) is 19.9 Å². The molecule has 0 saturated heterocycles. The van der Waals surface area contributed by atoms with Crippen molar-refractivity contribution >= 4 is 17.7 Å². The fourth-order valence-corrected chi connectivity index (χ4v) is 1.91. The van der Waals surface area contributed by atoms with Crippen molar-refractivity contribution in [3.63, 3.8) is 0 Å². The molecule has 0 aliphatic rings. The number of nitrogens with one attached hydrogen (secondary N) is 1. The smallest absolute Gasteiger partial charge is 0.266 e. The second kappa shape index (κ2) is 7.18. The minimum atomic E-state index is -0.551. The number of hydrogen-bond donors (Lipinski definition) is 1. The number of carbonyl (C=O) groups excluding carboxylic acids is 1. The van der Waals surface area contributed by atoms with E-state index in [2.05, 4.69) is 5.32 Å². The molecule has 2 rings (SSSR count). The van der Waals surface area contributed by atoms with Crippen molar-refractivity contribution < 1.29 is 18.7 Å². The zero-order chi connectivity index (χ0) is 16.8. The molecule has 0 radical (unpaired) electrons. The minimum Gasteiger partial charge on any atom is -0.497 e. The van der Waals surface area contributed by atoms with E-state index in [0.29, 0.717) is 28.7 Å². The van der Waals surface area contributed by atoms with E-state index in [1.165, 1.54) is 20.3 Å². The Balaban J connectivity index is 2.23. The number of hydrogen-bond acceptors (Lipinski definition) is 5. The summed E-state index contributed by atoms with van der Waals surface area (Å²) in [5.41, 5.74) is 0.368. The molecule has 0 aliphatic heterocycles. The van der Waals surface area contributed by atoms with Crippen LogP contribution in [0.3, 0.4) is 0 Å². The highest BCUT2D eigenvalue weighted by molar-refractivity contribution is 6.10. The summed E-state index contributed by atoms with van der Waals surface area (Å²) >= 11 is 0. The first-order valence-electron chi connectivity index (χ1n) is 6.79. The highest BCUT2D eigenvalue weighted by Crippen LogP contribution is 2.29. The molecule has 1 amide bonds. The second-order valence-corrected chi connectivity index (χ2v) is 4.64. The Labute approximate surface area is 133 Å². The van der Waals surface area contributed by atoms with Crippen molar-refractivity contribution in [2.24, 2.45) is 0 Å². The van der Waals surface area contributed by atoms with Gasteiger partial charge in [-0.15, -0.1) is 0 Å². The van der Waals surface area contributed by atoms with Gasteiger partial charge in [0, 0.05) is 12.1 Å². The van der Waals surface area contributed by atoms with Crippen LogP contribution >= 0.6 is 0 Å². The lowest BCUT2D eigenvalue weighted by molar-refractivity contribution is -0.112. The maximum Gasteiger partial charge on any atom is 0.266 e. The molecule has 23 heavy (non-hydrogen) atoms. The molecule has 2 aromatic rings. The topological polar surface area (TPSA) is 84.5 Å². The second-order valence-electron chi connectivity index (χ2n) is 4.64. The molecular weight excluding hydrogens is 296 g/mol.